The van der Waals surface area contributed by atoms with Crippen molar-refractivity contribution in [2.24, 2.45) is 4.99 Å². The van der Waals surface area contributed by atoms with Crippen LogP contribution in [0.25, 0.3) is 5.69 Å². The minimum Gasteiger partial charge on any atom is -0.381 e. The van der Waals surface area contributed by atoms with Crippen molar-refractivity contribution in [3.05, 3.63) is 47.8 Å². The van der Waals surface area contributed by atoms with Crippen molar-refractivity contribution in [2.45, 2.75) is 39.7 Å². The largest absolute Gasteiger partial charge is 0.381 e. The highest BCUT2D eigenvalue weighted by Crippen LogP contribution is 2.16. The Morgan fingerprint density at radius 1 is 1.25 bits per heavy atom. The summed E-state index contributed by atoms with van der Waals surface area (Å²) in [6.07, 6.45) is 6.58. The van der Waals surface area contributed by atoms with Crippen molar-refractivity contribution in [3.8, 4) is 5.69 Å². The van der Waals surface area contributed by atoms with Crippen molar-refractivity contribution in [3.63, 3.8) is 0 Å². The first kappa shape index (κ1) is 24.4. The maximum atomic E-state index is 14.4. The maximum Gasteiger partial charge on any atom is 0.191 e. The minimum atomic E-state index is -0.275. The van der Waals surface area contributed by atoms with Crippen LogP contribution in [0.3, 0.4) is 0 Å². The highest BCUT2D eigenvalue weighted by molar-refractivity contribution is 14.0. The molecular weight excluding hydrogens is 472 g/mol. The Balaban J connectivity index is 0.00000392. The van der Waals surface area contributed by atoms with Crippen LogP contribution in [-0.4, -0.2) is 42.3 Å². The zero-order valence-electron chi connectivity index (χ0n) is 16.9. The van der Waals surface area contributed by atoms with Crippen LogP contribution in [0.1, 0.15) is 37.6 Å². The summed E-state index contributed by atoms with van der Waals surface area (Å²) in [5, 5.41) is 6.44. The van der Waals surface area contributed by atoms with Crippen LogP contribution in [0.5, 0.6) is 0 Å². The molecule has 2 N–H and O–H groups in total. The molecule has 8 heteroatoms. The zero-order valence-corrected chi connectivity index (χ0v) is 19.2. The van der Waals surface area contributed by atoms with Gasteiger partial charge in [-0.3, -0.25) is 4.99 Å². The van der Waals surface area contributed by atoms with Gasteiger partial charge in [-0.1, -0.05) is 19.4 Å². The van der Waals surface area contributed by atoms with Crippen LogP contribution >= 0.6 is 24.0 Å². The van der Waals surface area contributed by atoms with Crippen molar-refractivity contribution in [2.75, 3.05) is 26.8 Å². The predicted octanol–water partition coefficient (Wildman–Crippen LogP) is 3.81. The monoisotopic (exact) mass is 503 g/mol. The topological polar surface area (TPSA) is 63.5 Å². The SMILES string of the molecule is CCCCOCCCNC(=NC)NCc1ccc(-n2ccnc2C)c(F)c1.I. The number of aromatic nitrogens is 2. The maximum absolute atomic E-state index is 14.4. The molecule has 2 aromatic rings. The predicted molar refractivity (Wildman–Crippen MR) is 122 cm³/mol. The summed E-state index contributed by atoms with van der Waals surface area (Å²) < 4.78 is 21.7. The molecule has 0 atom stereocenters. The first-order chi connectivity index (χ1) is 13.2. The molecule has 28 heavy (non-hydrogen) atoms. The summed E-state index contributed by atoms with van der Waals surface area (Å²) in [7, 11) is 1.72. The van der Waals surface area contributed by atoms with Gasteiger partial charge in [0.15, 0.2) is 5.96 Å². The fourth-order valence-corrected chi connectivity index (χ4v) is 2.62. The highest BCUT2D eigenvalue weighted by atomic mass is 127. The number of rotatable bonds is 10. The highest BCUT2D eigenvalue weighted by Gasteiger charge is 2.08. The number of nitrogens with one attached hydrogen (secondary N) is 2. The van der Waals surface area contributed by atoms with E-state index in [2.05, 4.69) is 27.5 Å². The second kappa shape index (κ2) is 13.5. The van der Waals surface area contributed by atoms with Gasteiger partial charge in [-0.25, -0.2) is 9.37 Å². The van der Waals surface area contributed by atoms with E-state index in [4.69, 9.17) is 4.74 Å². The van der Waals surface area contributed by atoms with Gasteiger partial charge in [0.1, 0.15) is 11.6 Å². The van der Waals surface area contributed by atoms with E-state index in [9.17, 15) is 4.39 Å². The molecule has 0 saturated heterocycles. The van der Waals surface area contributed by atoms with Gasteiger partial charge >= 0.3 is 0 Å². The number of imidazole rings is 1. The Hall–Kier alpha value is -1.68. The number of ether oxygens (including phenoxy) is 1. The van der Waals surface area contributed by atoms with Crippen LogP contribution in [0.4, 0.5) is 4.39 Å². The van der Waals surface area contributed by atoms with E-state index in [1.807, 2.05) is 13.0 Å². The van der Waals surface area contributed by atoms with Gasteiger partial charge in [0.25, 0.3) is 0 Å². The number of benzene rings is 1. The van der Waals surface area contributed by atoms with Gasteiger partial charge in [-0.05, 0) is 37.5 Å². The van der Waals surface area contributed by atoms with Crippen molar-refractivity contribution < 1.29 is 9.13 Å². The standard InChI is InChI=1S/C20H30FN5O.HI/c1-4-5-12-27-13-6-9-24-20(22-3)25-15-17-7-8-19(18(21)14-17)26-11-10-23-16(26)2;/h7-8,10-11,14H,4-6,9,12-13,15H2,1-3H3,(H2,22,24,25);1H. The Bertz CT molecular complexity index is 735. The number of hydrogen-bond donors (Lipinski definition) is 2. The molecule has 0 spiro atoms. The lowest BCUT2D eigenvalue weighted by atomic mass is 10.2. The number of halogens is 2. The summed E-state index contributed by atoms with van der Waals surface area (Å²) >= 11 is 0. The quantitative estimate of drug-likeness (QED) is 0.224. The first-order valence-electron chi connectivity index (χ1n) is 9.46. The number of aliphatic imine (C=N–C) groups is 1. The third kappa shape index (κ3) is 7.75. The summed E-state index contributed by atoms with van der Waals surface area (Å²) in [6, 6.07) is 5.21. The van der Waals surface area contributed by atoms with Gasteiger partial charge in [0.05, 0.1) is 5.69 Å². The molecule has 1 aromatic heterocycles. The van der Waals surface area contributed by atoms with E-state index in [0.29, 0.717) is 18.2 Å². The van der Waals surface area contributed by atoms with E-state index >= 15 is 0 Å². The molecule has 0 saturated carbocycles. The van der Waals surface area contributed by atoms with Gasteiger partial charge in [0.2, 0.25) is 0 Å². The van der Waals surface area contributed by atoms with Crippen molar-refractivity contribution >= 4 is 29.9 Å². The summed E-state index contributed by atoms with van der Waals surface area (Å²) in [6.45, 7) is 6.83. The second-order valence-electron chi connectivity index (χ2n) is 6.30. The zero-order chi connectivity index (χ0) is 19.5. The number of hydrogen-bond acceptors (Lipinski definition) is 3. The number of aryl methyl sites for hydroxylation is 1. The molecule has 0 radical (unpaired) electrons. The molecule has 0 amide bonds. The Labute approximate surface area is 184 Å². The van der Waals surface area contributed by atoms with Gasteiger partial charge < -0.3 is 19.9 Å². The molecule has 0 aliphatic rings. The van der Waals surface area contributed by atoms with Gasteiger partial charge in [-0.2, -0.15) is 0 Å². The number of unbranched alkanes of at least 4 members (excludes halogenated alkanes) is 1. The Kier molecular flexibility index (Phi) is 11.7. The lowest BCUT2D eigenvalue weighted by Gasteiger charge is -2.13. The average molecular weight is 503 g/mol. The molecule has 0 aliphatic carbocycles. The van der Waals surface area contributed by atoms with Crippen LogP contribution in [0.2, 0.25) is 0 Å². The molecule has 2 rings (SSSR count). The summed E-state index contributed by atoms with van der Waals surface area (Å²) in [5.41, 5.74) is 1.35. The van der Waals surface area contributed by atoms with Crippen LogP contribution < -0.4 is 10.6 Å². The molecule has 0 aliphatic heterocycles. The first-order valence-corrected chi connectivity index (χ1v) is 9.46. The molecule has 6 nitrogen and oxygen atoms in total. The molecular formula is C20H31FIN5O. The smallest absolute Gasteiger partial charge is 0.191 e. The number of nitrogens with zero attached hydrogens (tertiary/aromatic N) is 3. The fourth-order valence-electron chi connectivity index (χ4n) is 2.62. The molecule has 1 heterocycles. The third-order valence-corrected chi connectivity index (χ3v) is 4.18. The van der Waals surface area contributed by atoms with Crippen LogP contribution in [-0.2, 0) is 11.3 Å². The normalized spacial score (nSPS) is 11.2. The molecule has 0 fully saturated rings. The van der Waals surface area contributed by atoms with E-state index in [-0.39, 0.29) is 29.8 Å². The molecule has 0 unspecified atom stereocenters. The van der Waals surface area contributed by atoms with Crippen molar-refractivity contribution in [1.29, 1.82) is 0 Å². The average Bonchev–Trinajstić information content (AvgIpc) is 3.09. The Morgan fingerprint density at radius 3 is 2.68 bits per heavy atom. The number of guanidine groups is 1. The molecule has 0 bridgehead atoms. The van der Waals surface area contributed by atoms with Crippen LogP contribution in [0, 0.1) is 12.7 Å². The van der Waals surface area contributed by atoms with E-state index in [1.165, 1.54) is 6.07 Å². The molecule has 1 aromatic carbocycles. The van der Waals surface area contributed by atoms with Gasteiger partial charge in [0, 0.05) is 45.7 Å². The van der Waals surface area contributed by atoms with Gasteiger partial charge in [-0.15, -0.1) is 24.0 Å². The van der Waals surface area contributed by atoms with E-state index in [1.54, 1.807) is 30.1 Å². The van der Waals surface area contributed by atoms with Crippen LogP contribution in [0.15, 0.2) is 35.6 Å². The fraction of sp³-hybridized carbons (Fsp3) is 0.500. The Morgan fingerprint density at radius 2 is 2.04 bits per heavy atom. The third-order valence-electron chi connectivity index (χ3n) is 4.18. The summed E-state index contributed by atoms with van der Waals surface area (Å²) in [5.74, 6) is 1.17. The van der Waals surface area contributed by atoms with E-state index in [0.717, 1.165) is 50.4 Å². The van der Waals surface area contributed by atoms with Crippen molar-refractivity contribution in [1.82, 2.24) is 20.2 Å². The lowest BCUT2D eigenvalue weighted by molar-refractivity contribution is 0.129. The molecule has 156 valence electrons. The summed E-state index contributed by atoms with van der Waals surface area (Å²) in [4.78, 5) is 8.32. The second-order valence-corrected chi connectivity index (χ2v) is 6.30. The van der Waals surface area contributed by atoms with E-state index < -0.39 is 0 Å². The lowest BCUT2D eigenvalue weighted by Crippen LogP contribution is -2.37. The minimum absolute atomic E-state index is 0.